The Bertz CT molecular complexity index is 128. The first-order valence-corrected chi connectivity index (χ1v) is 4.83. The molecule has 1 N–H and O–H groups in total. The Balaban J connectivity index is 4.05. The maximum atomic E-state index is 9.49. The van der Waals surface area contributed by atoms with Crippen LogP contribution in [-0.4, -0.2) is 11.2 Å². The molecule has 0 radical (unpaired) electrons. The summed E-state index contributed by atoms with van der Waals surface area (Å²) in [6, 6.07) is 0. The Morgan fingerprint density at radius 1 is 1.33 bits per heavy atom. The smallest absolute Gasteiger partial charge is 0.0545 e. The van der Waals surface area contributed by atoms with Gasteiger partial charge in [-0.1, -0.05) is 32.9 Å². The maximum Gasteiger partial charge on any atom is 0.0545 e. The lowest BCUT2D eigenvalue weighted by Crippen LogP contribution is -2.22. The molecular formula is C11H22O. The number of hydrogen-bond acceptors (Lipinski definition) is 1. The minimum atomic E-state index is -0.215. The largest absolute Gasteiger partial charge is 0.393 e. The number of hydrogen-bond donors (Lipinski definition) is 1. The van der Waals surface area contributed by atoms with Crippen molar-refractivity contribution in [3.8, 4) is 0 Å². The van der Waals surface area contributed by atoms with Crippen LogP contribution in [0.2, 0.25) is 0 Å². The molecule has 72 valence electrons. The van der Waals surface area contributed by atoms with Crippen molar-refractivity contribution >= 4 is 0 Å². The molecule has 0 saturated carbocycles. The zero-order valence-corrected chi connectivity index (χ0v) is 8.80. The van der Waals surface area contributed by atoms with Crippen LogP contribution in [0.25, 0.3) is 0 Å². The monoisotopic (exact) mass is 170 g/mol. The topological polar surface area (TPSA) is 20.2 Å². The number of rotatable bonds is 5. The molecule has 1 nitrogen and oxygen atoms in total. The first kappa shape index (κ1) is 11.7. The van der Waals surface area contributed by atoms with Crippen molar-refractivity contribution < 1.29 is 5.11 Å². The van der Waals surface area contributed by atoms with E-state index in [2.05, 4.69) is 27.4 Å². The fourth-order valence-electron chi connectivity index (χ4n) is 1.44. The quantitative estimate of drug-likeness (QED) is 0.629. The molecule has 0 heterocycles. The minimum absolute atomic E-state index is 0.215. The fourth-order valence-corrected chi connectivity index (χ4v) is 1.44. The summed E-state index contributed by atoms with van der Waals surface area (Å²) in [6.45, 7) is 12.3. The van der Waals surface area contributed by atoms with Gasteiger partial charge in [-0.05, 0) is 31.6 Å². The number of aliphatic hydroxyl groups is 1. The molecule has 0 aromatic heterocycles. The third-order valence-corrected chi connectivity index (χ3v) is 2.50. The third-order valence-electron chi connectivity index (χ3n) is 2.50. The van der Waals surface area contributed by atoms with Crippen molar-refractivity contribution in [3.63, 3.8) is 0 Å². The molecule has 0 saturated heterocycles. The van der Waals surface area contributed by atoms with Crippen molar-refractivity contribution in [1.82, 2.24) is 0 Å². The van der Waals surface area contributed by atoms with E-state index in [1.165, 1.54) is 5.57 Å². The van der Waals surface area contributed by atoms with Gasteiger partial charge in [-0.15, -0.1) is 0 Å². The van der Waals surface area contributed by atoms with E-state index in [4.69, 9.17) is 0 Å². The number of aliphatic hydroxyl groups excluding tert-OH is 1. The summed E-state index contributed by atoms with van der Waals surface area (Å²) >= 11 is 0. The summed E-state index contributed by atoms with van der Waals surface area (Å²) in [7, 11) is 0. The predicted octanol–water partition coefficient (Wildman–Crippen LogP) is 3.00. The van der Waals surface area contributed by atoms with E-state index in [1.807, 2.05) is 6.92 Å². The van der Waals surface area contributed by atoms with E-state index in [-0.39, 0.29) is 6.10 Å². The van der Waals surface area contributed by atoms with E-state index in [0.29, 0.717) is 11.8 Å². The Morgan fingerprint density at radius 3 is 2.08 bits per heavy atom. The molecule has 2 atom stereocenters. The third kappa shape index (κ3) is 3.91. The van der Waals surface area contributed by atoms with Crippen LogP contribution in [0.5, 0.6) is 0 Å². The van der Waals surface area contributed by atoms with Gasteiger partial charge in [0.15, 0.2) is 0 Å². The van der Waals surface area contributed by atoms with Gasteiger partial charge in [-0.3, -0.25) is 0 Å². The molecule has 12 heavy (non-hydrogen) atoms. The van der Waals surface area contributed by atoms with Crippen LogP contribution in [0.15, 0.2) is 12.2 Å². The predicted molar refractivity (Wildman–Crippen MR) is 54.1 cm³/mol. The highest BCUT2D eigenvalue weighted by molar-refractivity contribution is 4.95. The Morgan fingerprint density at radius 2 is 1.83 bits per heavy atom. The second-order valence-corrected chi connectivity index (χ2v) is 3.96. The highest BCUT2D eigenvalue weighted by Crippen LogP contribution is 2.23. The Labute approximate surface area is 76.5 Å². The van der Waals surface area contributed by atoms with Gasteiger partial charge in [0.2, 0.25) is 0 Å². The first-order valence-electron chi connectivity index (χ1n) is 4.83. The van der Waals surface area contributed by atoms with Gasteiger partial charge in [0.05, 0.1) is 6.10 Å². The van der Waals surface area contributed by atoms with Crippen LogP contribution in [-0.2, 0) is 0 Å². The molecular weight excluding hydrogens is 148 g/mol. The van der Waals surface area contributed by atoms with Crippen LogP contribution in [0, 0.1) is 11.8 Å². The van der Waals surface area contributed by atoms with Gasteiger partial charge in [0.1, 0.15) is 0 Å². The zero-order chi connectivity index (χ0) is 9.72. The van der Waals surface area contributed by atoms with Crippen molar-refractivity contribution in [1.29, 1.82) is 0 Å². The molecule has 0 fully saturated rings. The molecule has 0 amide bonds. The average molecular weight is 170 g/mol. The Hall–Kier alpha value is -0.300. The number of allylic oxidation sites excluding steroid dienone is 1. The van der Waals surface area contributed by atoms with E-state index in [0.717, 1.165) is 12.8 Å². The molecule has 0 aliphatic rings. The Kier molecular flexibility index (Phi) is 5.23. The summed E-state index contributed by atoms with van der Waals surface area (Å²) in [4.78, 5) is 0. The van der Waals surface area contributed by atoms with Crippen LogP contribution >= 0.6 is 0 Å². The van der Waals surface area contributed by atoms with E-state index in [9.17, 15) is 5.11 Å². The summed E-state index contributed by atoms with van der Waals surface area (Å²) in [5.74, 6) is 0.908. The van der Waals surface area contributed by atoms with Crippen LogP contribution in [0.3, 0.4) is 0 Å². The normalized spacial score (nSPS) is 16.2. The van der Waals surface area contributed by atoms with Crippen molar-refractivity contribution in [2.75, 3.05) is 0 Å². The van der Waals surface area contributed by atoms with Gasteiger partial charge >= 0.3 is 0 Å². The second kappa shape index (κ2) is 5.36. The van der Waals surface area contributed by atoms with Crippen molar-refractivity contribution in [2.24, 2.45) is 11.8 Å². The lowest BCUT2D eigenvalue weighted by molar-refractivity contribution is 0.0973. The molecule has 0 aromatic carbocycles. The van der Waals surface area contributed by atoms with Crippen molar-refractivity contribution in [3.05, 3.63) is 12.2 Å². The molecule has 2 unspecified atom stereocenters. The first-order chi connectivity index (χ1) is 5.49. The van der Waals surface area contributed by atoms with Crippen molar-refractivity contribution in [2.45, 2.75) is 46.6 Å². The fraction of sp³-hybridized carbons (Fsp3) is 0.818. The minimum Gasteiger partial charge on any atom is -0.393 e. The van der Waals surface area contributed by atoms with Gasteiger partial charge < -0.3 is 5.11 Å². The van der Waals surface area contributed by atoms with E-state index >= 15 is 0 Å². The highest BCUT2D eigenvalue weighted by Gasteiger charge is 2.18. The summed E-state index contributed by atoms with van der Waals surface area (Å²) in [6.07, 6.45) is 1.77. The molecule has 0 spiro atoms. The highest BCUT2D eigenvalue weighted by atomic mass is 16.3. The van der Waals surface area contributed by atoms with Gasteiger partial charge in [-0.2, -0.15) is 0 Å². The molecule has 1 heteroatoms. The lowest BCUT2D eigenvalue weighted by Gasteiger charge is -2.24. The average Bonchev–Trinajstić information content (AvgIpc) is 1.98. The van der Waals surface area contributed by atoms with Gasteiger partial charge in [0.25, 0.3) is 0 Å². The second-order valence-electron chi connectivity index (χ2n) is 3.96. The molecule has 0 bridgehead atoms. The SMILES string of the molecule is C=C(CC)CC(C(C)C)C(C)O. The summed E-state index contributed by atoms with van der Waals surface area (Å²) in [5, 5.41) is 9.49. The van der Waals surface area contributed by atoms with Crippen LogP contribution in [0.4, 0.5) is 0 Å². The van der Waals surface area contributed by atoms with Gasteiger partial charge in [-0.25, -0.2) is 0 Å². The summed E-state index contributed by atoms with van der Waals surface area (Å²) in [5.41, 5.74) is 1.25. The van der Waals surface area contributed by atoms with Gasteiger partial charge in [0, 0.05) is 0 Å². The standard InChI is InChI=1S/C11H22O/c1-6-9(4)7-11(8(2)3)10(5)12/h8,10-12H,4,6-7H2,1-3,5H3. The lowest BCUT2D eigenvalue weighted by atomic mass is 9.85. The molecule has 0 aliphatic heterocycles. The maximum absolute atomic E-state index is 9.49. The van der Waals surface area contributed by atoms with Crippen LogP contribution < -0.4 is 0 Å². The zero-order valence-electron chi connectivity index (χ0n) is 8.80. The molecule has 0 aromatic rings. The van der Waals surface area contributed by atoms with E-state index in [1.54, 1.807) is 0 Å². The summed E-state index contributed by atoms with van der Waals surface area (Å²) < 4.78 is 0. The van der Waals surface area contributed by atoms with Crippen LogP contribution in [0.1, 0.15) is 40.5 Å². The molecule has 0 aliphatic carbocycles. The molecule has 0 rings (SSSR count). The van der Waals surface area contributed by atoms with E-state index < -0.39 is 0 Å².